The van der Waals surface area contributed by atoms with Gasteiger partial charge in [0.25, 0.3) is 0 Å². The quantitative estimate of drug-likeness (QED) is 0.878. The Balaban J connectivity index is 2.19. The van der Waals surface area contributed by atoms with Crippen LogP contribution in [0.5, 0.6) is 0 Å². The van der Waals surface area contributed by atoms with Crippen LogP contribution in [-0.2, 0) is 6.54 Å². The second-order valence-corrected chi connectivity index (χ2v) is 5.07. The van der Waals surface area contributed by atoms with Crippen molar-refractivity contribution in [3.05, 3.63) is 62.8 Å². The Morgan fingerprint density at radius 2 is 2.11 bits per heavy atom. The molecule has 2 rings (SSSR count). The second kappa shape index (κ2) is 6.05. The highest BCUT2D eigenvalue weighted by Crippen LogP contribution is 2.30. The van der Waals surface area contributed by atoms with Gasteiger partial charge in [-0.05, 0) is 46.3 Å². The van der Waals surface area contributed by atoms with E-state index in [-0.39, 0.29) is 12.4 Å². The lowest BCUT2D eigenvalue weighted by Gasteiger charge is -2.10. The standard InChI is InChI=1S/C14H9BrClFN2/c15-14-11(16)2-1-3-13(14)19-8-10-6-9(7-18)4-5-12(10)17/h1-6,19H,8H2. The predicted molar refractivity (Wildman–Crippen MR) is 77.6 cm³/mol. The van der Waals surface area contributed by atoms with Crippen molar-refractivity contribution >= 4 is 33.2 Å². The smallest absolute Gasteiger partial charge is 0.128 e. The minimum atomic E-state index is -0.343. The van der Waals surface area contributed by atoms with Crippen molar-refractivity contribution in [2.75, 3.05) is 5.32 Å². The summed E-state index contributed by atoms with van der Waals surface area (Å²) in [5.41, 5.74) is 1.64. The van der Waals surface area contributed by atoms with Crippen molar-refractivity contribution in [1.82, 2.24) is 0 Å². The third-order valence-electron chi connectivity index (χ3n) is 2.60. The van der Waals surface area contributed by atoms with E-state index in [9.17, 15) is 4.39 Å². The summed E-state index contributed by atoms with van der Waals surface area (Å²) >= 11 is 9.33. The molecule has 0 saturated carbocycles. The van der Waals surface area contributed by atoms with E-state index in [1.54, 1.807) is 12.1 Å². The molecule has 0 fully saturated rings. The lowest BCUT2D eigenvalue weighted by molar-refractivity contribution is 0.612. The Kier molecular flexibility index (Phi) is 4.41. The van der Waals surface area contributed by atoms with Crippen LogP contribution in [0.3, 0.4) is 0 Å². The van der Waals surface area contributed by atoms with Gasteiger partial charge in [-0.15, -0.1) is 0 Å². The number of benzene rings is 2. The predicted octanol–water partition coefficient (Wildman–Crippen LogP) is 4.73. The maximum Gasteiger partial charge on any atom is 0.128 e. The molecule has 2 nitrogen and oxygen atoms in total. The van der Waals surface area contributed by atoms with Gasteiger partial charge in [0, 0.05) is 12.1 Å². The monoisotopic (exact) mass is 338 g/mol. The van der Waals surface area contributed by atoms with Gasteiger partial charge in [0.1, 0.15) is 5.82 Å². The molecule has 1 N–H and O–H groups in total. The number of hydrogen-bond donors (Lipinski definition) is 1. The minimum Gasteiger partial charge on any atom is -0.380 e. The number of nitrogens with zero attached hydrogens (tertiary/aromatic N) is 1. The van der Waals surface area contributed by atoms with Crippen molar-refractivity contribution in [2.24, 2.45) is 0 Å². The Morgan fingerprint density at radius 3 is 2.84 bits per heavy atom. The van der Waals surface area contributed by atoms with Crippen LogP contribution >= 0.6 is 27.5 Å². The zero-order chi connectivity index (χ0) is 13.8. The van der Waals surface area contributed by atoms with Gasteiger partial charge in [-0.1, -0.05) is 17.7 Å². The summed E-state index contributed by atoms with van der Waals surface area (Å²) in [5.74, 6) is -0.343. The highest BCUT2D eigenvalue weighted by atomic mass is 79.9. The molecule has 0 aromatic heterocycles. The van der Waals surface area contributed by atoms with E-state index in [1.807, 2.05) is 12.1 Å². The van der Waals surface area contributed by atoms with Crippen LogP contribution in [0, 0.1) is 17.1 Å². The summed E-state index contributed by atoms with van der Waals surface area (Å²) in [7, 11) is 0. The molecule has 5 heteroatoms. The van der Waals surface area contributed by atoms with Crippen LogP contribution in [-0.4, -0.2) is 0 Å². The fourth-order valence-corrected chi connectivity index (χ4v) is 2.19. The Hall–Kier alpha value is -1.57. The molecule has 0 saturated heterocycles. The van der Waals surface area contributed by atoms with Crippen molar-refractivity contribution < 1.29 is 4.39 Å². The number of nitrogens with one attached hydrogen (secondary N) is 1. The van der Waals surface area contributed by atoms with Crippen LogP contribution in [0.4, 0.5) is 10.1 Å². The first-order valence-electron chi connectivity index (χ1n) is 5.48. The number of halogens is 3. The molecule has 0 heterocycles. The summed E-state index contributed by atoms with van der Waals surface area (Å²) in [6.07, 6.45) is 0. The van der Waals surface area contributed by atoms with Gasteiger partial charge in [-0.3, -0.25) is 0 Å². The molecule has 96 valence electrons. The normalized spacial score (nSPS) is 10.0. The van der Waals surface area contributed by atoms with Crippen LogP contribution in [0.25, 0.3) is 0 Å². The van der Waals surface area contributed by atoms with Gasteiger partial charge >= 0.3 is 0 Å². The van der Waals surface area contributed by atoms with E-state index in [0.717, 1.165) is 10.2 Å². The largest absolute Gasteiger partial charge is 0.380 e. The molecule has 0 bridgehead atoms. The number of hydrogen-bond acceptors (Lipinski definition) is 2. The van der Waals surface area contributed by atoms with E-state index < -0.39 is 0 Å². The summed E-state index contributed by atoms with van der Waals surface area (Å²) in [5, 5.41) is 12.5. The first kappa shape index (κ1) is 13.9. The van der Waals surface area contributed by atoms with E-state index >= 15 is 0 Å². The zero-order valence-corrected chi connectivity index (χ0v) is 12.1. The first-order valence-corrected chi connectivity index (χ1v) is 6.65. The molecule has 0 spiro atoms. The average Bonchev–Trinajstić information content (AvgIpc) is 2.42. The molecule has 0 atom stereocenters. The Labute approximate surface area is 123 Å². The van der Waals surface area contributed by atoms with Gasteiger partial charge in [-0.2, -0.15) is 5.26 Å². The summed E-state index contributed by atoms with van der Waals surface area (Å²) < 4.78 is 14.3. The van der Waals surface area contributed by atoms with Gasteiger partial charge < -0.3 is 5.32 Å². The van der Waals surface area contributed by atoms with E-state index in [0.29, 0.717) is 16.1 Å². The van der Waals surface area contributed by atoms with Crippen LogP contribution in [0.2, 0.25) is 5.02 Å². The third-order valence-corrected chi connectivity index (χ3v) is 3.99. The maximum atomic E-state index is 13.6. The molecule has 19 heavy (non-hydrogen) atoms. The fourth-order valence-electron chi connectivity index (χ4n) is 1.61. The summed E-state index contributed by atoms with van der Waals surface area (Å²) in [6.45, 7) is 0.278. The molecule has 2 aromatic carbocycles. The van der Waals surface area contributed by atoms with Crippen molar-refractivity contribution in [1.29, 1.82) is 5.26 Å². The highest BCUT2D eigenvalue weighted by Gasteiger charge is 2.06. The maximum absolute atomic E-state index is 13.6. The highest BCUT2D eigenvalue weighted by molar-refractivity contribution is 9.10. The van der Waals surface area contributed by atoms with Gasteiger partial charge in [-0.25, -0.2) is 4.39 Å². The third kappa shape index (κ3) is 3.25. The molecule has 0 aliphatic heterocycles. The molecule has 0 unspecified atom stereocenters. The molecular formula is C14H9BrClFN2. The van der Waals surface area contributed by atoms with Crippen molar-refractivity contribution in [3.8, 4) is 6.07 Å². The Bertz CT molecular complexity index is 652. The van der Waals surface area contributed by atoms with Crippen molar-refractivity contribution in [3.63, 3.8) is 0 Å². The lowest BCUT2D eigenvalue weighted by Crippen LogP contribution is -2.03. The van der Waals surface area contributed by atoms with Gasteiger partial charge in [0.2, 0.25) is 0 Å². The Morgan fingerprint density at radius 1 is 1.32 bits per heavy atom. The van der Waals surface area contributed by atoms with Crippen molar-refractivity contribution in [2.45, 2.75) is 6.54 Å². The zero-order valence-electron chi connectivity index (χ0n) is 9.75. The van der Waals surface area contributed by atoms with E-state index in [2.05, 4.69) is 21.2 Å². The summed E-state index contributed by atoms with van der Waals surface area (Å²) in [4.78, 5) is 0. The van der Waals surface area contributed by atoms with E-state index in [1.165, 1.54) is 18.2 Å². The molecule has 0 aliphatic carbocycles. The van der Waals surface area contributed by atoms with Crippen LogP contribution < -0.4 is 5.32 Å². The minimum absolute atomic E-state index is 0.278. The van der Waals surface area contributed by atoms with Gasteiger partial charge in [0.05, 0.1) is 26.8 Å². The SMILES string of the molecule is N#Cc1ccc(F)c(CNc2cccc(Cl)c2Br)c1. The second-order valence-electron chi connectivity index (χ2n) is 3.87. The molecule has 0 radical (unpaired) electrons. The van der Waals surface area contributed by atoms with Crippen LogP contribution in [0.1, 0.15) is 11.1 Å². The fraction of sp³-hybridized carbons (Fsp3) is 0.0714. The molecule has 0 aliphatic rings. The number of rotatable bonds is 3. The molecular weight excluding hydrogens is 331 g/mol. The van der Waals surface area contributed by atoms with E-state index in [4.69, 9.17) is 16.9 Å². The topological polar surface area (TPSA) is 35.8 Å². The van der Waals surface area contributed by atoms with Crippen LogP contribution in [0.15, 0.2) is 40.9 Å². The number of nitriles is 1. The average molecular weight is 340 g/mol. The lowest BCUT2D eigenvalue weighted by atomic mass is 10.1. The summed E-state index contributed by atoms with van der Waals surface area (Å²) in [6, 6.07) is 11.7. The number of anilines is 1. The first-order chi connectivity index (χ1) is 9.11. The van der Waals surface area contributed by atoms with Gasteiger partial charge in [0.15, 0.2) is 0 Å². The molecule has 0 amide bonds. The molecule has 2 aromatic rings.